The zero-order valence-corrected chi connectivity index (χ0v) is 12.5. The van der Waals surface area contributed by atoms with Gasteiger partial charge < -0.3 is 5.11 Å². The second-order valence-corrected chi connectivity index (χ2v) is 5.96. The van der Waals surface area contributed by atoms with Crippen LogP contribution < -0.4 is 0 Å². The van der Waals surface area contributed by atoms with E-state index in [4.69, 9.17) is 5.11 Å². The highest BCUT2D eigenvalue weighted by atomic mass is 19.4. The van der Waals surface area contributed by atoms with Crippen LogP contribution in [0, 0.1) is 0 Å². The lowest BCUT2D eigenvalue weighted by atomic mass is 9.86. The van der Waals surface area contributed by atoms with Crippen molar-refractivity contribution in [3.8, 4) is 0 Å². The van der Waals surface area contributed by atoms with Crippen molar-refractivity contribution in [2.75, 3.05) is 0 Å². The molecule has 28 heavy (non-hydrogen) atoms. The van der Waals surface area contributed by atoms with Crippen molar-refractivity contribution in [3.05, 3.63) is 0 Å². The third kappa shape index (κ3) is 2.89. The molecule has 2 unspecified atom stereocenters. The number of alkyl halides is 16. The highest BCUT2D eigenvalue weighted by Crippen LogP contribution is 2.64. The molecule has 1 aliphatic rings. The van der Waals surface area contributed by atoms with E-state index in [1.807, 2.05) is 0 Å². The van der Waals surface area contributed by atoms with E-state index in [0.717, 1.165) is 0 Å². The largest absolute Gasteiger partial charge is 0.460 e. The summed E-state index contributed by atoms with van der Waals surface area (Å²) in [5.41, 5.74) is -5.77. The van der Waals surface area contributed by atoms with Gasteiger partial charge >= 0.3 is 41.7 Å². The van der Waals surface area contributed by atoms with Gasteiger partial charge in [0.15, 0.2) is 0 Å². The lowest BCUT2D eigenvalue weighted by molar-refractivity contribution is -0.399. The fourth-order valence-corrected chi connectivity index (χ4v) is 2.30. The Morgan fingerprint density at radius 1 is 0.679 bits per heavy atom. The molecule has 2 atom stereocenters. The summed E-state index contributed by atoms with van der Waals surface area (Å²) in [7, 11) is 0. The lowest BCUT2D eigenvalue weighted by Gasteiger charge is -2.37. The van der Waals surface area contributed by atoms with Gasteiger partial charge in [0, 0.05) is 6.42 Å². The maximum absolute atomic E-state index is 14.0. The van der Waals surface area contributed by atoms with Crippen molar-refractivity contribution in [2.24, 2.45) is 0 Å². The van der Waals surface area contributed by atoms with Crippen LogP contribution in [0.1, 0.15) is 12.8 Å². The Kier molecular flexibility index (Phi) is 5.27. The van der Waals surface area contributed by atoms with Crippen molar-refractivity contribution in [2.45, 2.75) is 66.3 Å². The van der Waals surface area contributed by atoms with E-state index in [2.05, 4.69) is 0 Å². The number of hydrogen-bond donors (Lipinski definition) is 1. The van der Waals surface area contributed by atoms with E-state index in [1.54, 1.807) is 0 Å². The summed E-state index contributed by atoms with van der Waals surface area (Å²) in [6.45, 7) is 0. The molecule has 0 spiro atoms. The molecule has 0 aromatic carbocycles. The predicted octanol–water partition coefficient (Wildman–Crippen LogP) is 5.22. The van der Waals surface area contributed by atoms with Crippen LogP contribution in [0.5, 0.6) is 0 Å². The molecule has 1 N–H and O–H groups in total. The second-order valence-electron chi connectivity index (χ2n) is 5.96. The first-order valence-electron chi connectivity index (χ1n) is 6.54. The van der Waals surface area contributed by atoms with Crippen LogP contribution in [0.25, 0.3) is 0 Å². The van der Waals surface area contributed by atoms with E-state index in [-0.39, 0.29) is 0 Å². The summed E-state index contributed by atoms with van der Waals surface area (Å²) >= 11 is 0. The summed E-state index contributed by atoms with van der Waals surface area (Å²) in [6, 6.07) is 0. The maximum Gasteiger partial charge on any atom is 0.460 e. The first-order valence-corrected chi connectivity index (χ1v) is 6.54. The number of hydrogen-bond acceptors (Lipinski definition) is 1. The van der Waals surface area contributed by atoms with Crippen LogP contribution in [0.4, 0.5) is 70.2 Å². The fraction of sp³-hybridized carbons (Fsp3) is 1.00. The van der Waals surface area contributed by atoms with Crippen LogP contribution in [0.15, 0.2) is 0 Å². The quantitative estimate of drug-likeness (QED) is 0.561. The first-order chi connectivity index (χ1) is 11.8. The van der Waals surface area contributed by atoms with Crippen molar-refractivity contribution < 1.29 is 75.4 Å². The summed E-state index contributed by atoms with van der Waals surface area (Å²) in [6.07, 6.45) is -19.1. The Morgan fingerprint density at radius 2 is 1.07 bits per heavy atom. The number of aliphatic hydroxyl groups is 1. The highest BCUT2D eigenvalue weighted by molar-refractivity contribution is 5.20. The first kappa shape index (κ1) is 24.9. The summed E-state index contributed by atoms with van der Waals surface area (Å²) in [5, 5.41) is 8.91. The number of aliphatic hydroxyl groups excluding tert-OH is 1. The van der Waals surface area contributed by atoms with Gasteiger partial charge in [-0.05, 0) is 0 Å². The molecule has 17 heteroatoms. The predicted molar refractivity (Wildman–Crippen MR) is 54.8 cm³/mol. The Labute approximate surface area is 143 Å². The molecule has 0 aromatic heterocycles. The zero-order chi connectivity index (χ0) is 23.0. The van der Waals surface area contributed by atoms with Gasteiger partial charge in [-0.3, -0.25) is 0 Å². The van der Waals surface area contributed by atoms with Crippen LogP contribution in [0.2, 0.25) is 0 Å². The SMILES string of the molecule is OC(CC(F)(F)C(F)(F)C(F)(F)C(F)(F)F)C1(F)CC(F)(F)C(F)(F)C1(F)F. The standard InChI is InChI=1S/C11H6F16O/c12-4(2-6(15,16)9(21,22)7(4,17)18)3(28)1-5(13,14)8(19,20)10(23,24)11(25,26)27/h3,28H,1-2H2. The fourth-order valence-electron chi connectivity index (χ4n) is 2.30. The smallest absolute Gasteiger partial charge is 0.389 e. The minimum Gasteiger partial charge on any atom is -0.389 e. The van der Waals surface area contributed by atoms with Crippen LogP contribution in [0.3, 0.4) is 0 Å². The average molecular weight is 458 g/mol. The molecule has 0 amide bonds. The molecule has 1 aliphatic carbocycles. The zero-order valence-electron chi connectivity index (χ0n) is 12.5. The summed E-state index contributed by atoms with van der Waals surface area (Å²) < 4.78 is 206. The molecule has 168 valence electrons. The molecule has 0 aliphatic heterocycles. The summed E-state index contributed by atoms with van der Waals surface area (Å²) in [4.78, 5) is 0. The maximum atomic E-state index is 14.0. The molecule has 0 bridgehead atoms. The van der Waals surface area contributed by atoms with Gasteiger partial charge in [-0.2, -0.15) is 65.9 Å². The van der Waals surface area contributed by atoms with Crippen molar-refractivity contribution >= 4 is 0 Å². The highest BCUT2D eigenvalue weighted by Gasteiger charge is 2.89. The topological polar surface area (TPSA) is 20.2 Å². The van der Waals surface area contributed by atoms with Gasteiger partial charge in [-0.25, -0.2) is 4.39 Å². The van der Waals surface area contributed by atoms with E-state index < -0.39 is 66.3 Å². The third-order valence-electron chi connectivity index (χ3n) is 4.04. The normalized spacial score (nSPS) is 29.0. The molecule has 0 radical (unpaired) electrons. The molecular formula is C11H6F16O. The Bertz CT molecular complexity index is 606. The van der Waals surface area contributed by atoms with E-state index in [0.29, 0.717) is 0 Å². The van der Waals surface area contributed by atoms with Gasteiger partial charge in [-0.1, -0.05) is 0 Å². The molecular weight excluding hydrogens is 452 g/mol. The Balaban J connectivity index is 3.34. The van der Waals surface area contributed by atoms with E-state index in [1.165, 1.54) is 0 Å². The van der Waals surface area contributed by atoms with Crippen LogP contribution in [-0.2, 0) is 0 Å². The molecule has 1 rings (SSSR count). The molecule has 0 heterocycles. The van der Waals surface area contributed by atoms with Crippen LogP contribution in [-0.4, -0.2) is 58.6 Å². The Morgan fingerprint density at radius 3 is 1.36 bits per heavy atom. The van der Waals surface area contributed by atoms with E-state index >= 15 is 0 Å². The van der Waals surface area contributed by atoms with Crippen molar-refractivity contribution in [3.63, 3.8) is 0 Å². The van der Waals surface area contributed by atoms with Gasteiger partial charge in [0.25, 0.3) is 0 Å². The lowest BCUT2D eigenvalue weighted by Crippen LogP contribution is -2.63. The van der Waals surface area contributed by atoms with Gasteiger partial charge in [0.1, 0.15) is 6.10 Å². The number of halogens is 16. The minimum absolute atomic E-state index is 3.42. The molecule has 1 nitrogen and oxygen atoms in total. The second kappa shape index (κ2) is 5.93. The monoisotopic (exact) mass is 458 g/mol. The van der Waals surface area contributed by atoms with Gasteiger partial charge in [0.2, 0.25) is 5.67 Å². The third-order valence-corrected chi connectivity index (χ3v) is 4.04. The molecule has 1 saturated carbocycles. The van der Waals surface area contributed by atoms with Gasteiger partial charge in [-0.15, -0.1) is 0 Å². The van der Waals surface area contributed by atoms with Gasteiger partial charge in [0.05, 0.1) is 6.42 Å². The summed E-state index contributed by atoms with van der Waals surface area (Å²) in [5.74, 6) is -41.2. The van der Waals surface area contributed by atoms with E-state index in [9.17, 15) is 70.2 Å². The van der Waals surface area contributed by atoms with Crippen molar-refractivity contribution in [1.29, 1.82) is 0 Å². The molecule has 1 fully saturated rings. The van der Waals surface area contributed by atoms with Crippen LogP contribution >= 0.6 is 0 Å². The minimum atomic E-state index is -7.56. The van der Waals surface area contributed by atoms with Crippen molar-refractivity contribution in [1.82, 2.24) is 0 Å². The average Bonchev–Trinajstić information content (AvgIpc) is 2.52. The molecule has 0 saturated heterocycles. The number of rotatable bonds is 5. The Hall–Kier alpha value is -1.16. The molecule has 0 aromatic rings.